The molecule has 3 nitrogen and oxygen atoms in total. The molecule has 0 saturated carbocycles. The third-order valence-corrected chi connectivity index (χ3v) is 3.44. The average molecular weight is 226 g/mol. The summed E-state index contributed by atoms with van der Waals surface area (Å²) in [5.74, 6) is 0.949. The molecule has 0 spiro atoms. The van der Waals surface area contributed by atoms with Gasteiger partial charge in [0.1, 0.15) is 0 Å². The van der Waals surface area contributed by atoms with Gasteiger partial charge in [-0.15, -0.1) is 0 Å². The predicted octanol–water partition coefficient (Wildman–Crippen LogP) is 2.02. The Kier molecular flexibility index (Phi) is 6.46. The maximum absolute atomic E-state index is 11.9. The van der Waals surface area contributed by atoms with Gasteiger partial charge >= 0.3 is 0 Å². The number of nitrogens with one attached hydrogen (secondary N) is 1. The van der Waals surface area contributed by atoms with E-state index in [0.29, 0.717) is 11.8 Å². The van der Waals surface area contributed by atoms with Gasteiger partial charge in [-0.3, -0.25) is 4.79 Å². The highest BCUT2D eigenvalue weighted by molar-refractivity contribution is 5.76. The third kappa shape index (κ3) is 4.97. The zero-order valence-corrected chi connectivity index (χ0v) is 10.8. The first-order valence-electron chi connectivity index (χ1n) is 6.68. The van der Waals surface area contributed by atoms with Crippen LogP contribution in [0.25, 0.3) is 0 Å². The maximum Gasteiger partial charge on any atom is 0.222 e. The summed E-state index contributed by atoms with van der Waals surface area (Å²) in [6.07, 6.45) is 6.67. The van der Waals surface area contributed by atoms with Crippen molar-refractivity contribution in [2.45, 2.75) is 45.4 Å². The second kappa shape index (κ2) is 7.66. The summed E-state index contributed by atoms with van der Waals surface area (Å²) in [6.45, 7) is 5.28. The van der Waals surface area contributed by atoms with E-state index in [0.717, 1.165) is 45.3 Å². The van der Waals surface area contributed by atoms with E-state index in [-0.39, 0.29) is 0 Å². The summed E-state index contributed by atoms with van der Waals surface area (Å²) >= 11 is 0. The summed E-state index contributed by atoms with van der Waals surface area (Å²) in [5.41, 5.74) is 0. The van der Waals surface area contributed by atoms with Crippen LogP contribution in [0.1, 0.15) is 45.4 Å². The fourth-order valence-corrected chi connectivity index (χ4v) is 2.21. The van der Waals surface area contributed by atoms with Crippen molar-refractivity contribution >= 4 is 5.91 Å². The Morgan fingerprint density at radius 2 is 2.00 bits per heavy atom. The molecule has 1 amide bonds. The van der Waals surface area contributed by atoms with Crippen molar-refractivity contribution in [2.24, 2.45) is 5.92 Å². The number of nitrogens with zero attached hydrogens (tertiary/aromatic N) is 1. The number of piperidine rings is 1. The molecule has 0 radical (unpaired) electrons. The summed E-state index contributed by atoms with van der Waals surface area (Å²) in [7, 11) is 1.94. The topological polar surface area (TPSA) is 32.3 Å². The van der Waals surface area contributed by atoms with Gasteiger partial charge in [0, 0.05) is 20.0 Å². The zero-order chi connectivity index (χ0) is 11.8. The quantitative estimate of drug-likeness (QED) is 0.703. The molecule has 0 aromatic heterocycles. The Morgan fingerprint density at radius 3 is 2.62 bits per heavy atom. The second-order valence-electron chi connectivity index (χ2n) is 4.92. The molecule has 1 aliphatic heterocycles. The molecule has 3 heteroatoms. The molecule has 0 atom stereocenters. The predicted molar refractivity (Wildman–Crippen MR) is 67.4 cm³/mol. The van der Waals surface area contributed by atoms with Gasteiger partial charge in [0.25, 0.3) is 0 Å². The molecule has 1 saturated heterocycles. The maximum atomic E-state index is 11.9. The van der Waals surface area contributed by atoms with Gasteiger partial charge in [-0.1, -0.05) is 19.8 Å². The standard InChI is InChI=1S/C13H26N2O/c1-3-4-5-10-15(2)13(16)11-12-6-8-14-9-7-12/h12,14H,3-11H2,1-2H3. The highest BCUT2D eigenvalue weighted by Crippen LogP contribution is 2.16. The molecule has 16 heavy (non-hydrogen) atoms. The van der Waals surface area contributed by atoms with Crippen molar-refractivity contribution in [3.63, 3.8) is 0 Å². The molecule has 1 fully saturated rings. The fraction of sp³-hybridized carbons (Fsp3) is 0.923. The van der Waals surface area contributed by atoms with Crippen LogP contribution in [0.3, 0.4) is 0 Å². The van der Waals surface area contributed by atoms with Gasteiger partial charge in [-0.25, -0.2) is 0 Å². The number of rotatable bonds is 6. The Bertz CT molecular complexity index is 200. The van der Waals surface area contributed by atoms with E-state index in [1.54, 1.807) is 0 Å². The second-order valence-corrected chi connectivity index (χ2v) is 4.92. The van der Waals surface area contributed by atoms with Crippen molar-refractivity contribution in [1.82, 2.24) is 10.2 Å². The molecule has 0 aliphatic carbocycles. The largest absolute Gasteiger partial charge is 0.346 e. The molecule has 94 valence electrons. The number of amides is 1. The van der Waals surface area contributed by atoms with Crippen LogP contribution >= 0.6 is 0 Å². The lowest BCUT2D eigenvalue weighted by atomic mass is 9.94. The van der Waals surface area contributed by atoms with Crippen molar-refractivity contribution < 1.29 is 4.79 Å². The molecular weight excluding hydrogens is 200 g/mol. The first kappa shape index (κ1) is 13.5. The van der Waals surface area contributed by atoms with Crippen LogP contribution in [0.5, 0.6) is 0 Å². The number of hydrogen-bond donors (Lipinski definition) is 1. The number of carbonyl (C=O) groups is 1. The average Bonchev–Trinajstić information content (AvgIpc) is 2.30. The van der Waals surface area contributed by atoms with Crippen LogP contribution in [0.4, 0.5) is 0 Å². The SMILES string of the molecule is CCCCCN(C)C(=O)CC1CCNCC1. The third-order valence-electron chi connectivity index (χ3n) is 3.44. The number of carbonyl (C=O) groups excluding carboxylic acids is 1. The van der Waals surface area contributed by atoms with Crippen molar-refractivity contribution in [3.05, 3.63) is 0 Å². The van der Waals surface area contributed by atoms with Crippen LogP contribution in [0, 0.1) is 5.92 Å². The van der Waals surface area contributed by atoms with Gasteiger partial charge in [-0.05, 0) is 38.3 Å². The van der Waals surface area contributed by atoms with Crippen LogP contribution in [-0.4, -0.2) is 37.5 Å². The van der Waals surface area contributed by atoms with Crippen molar-refractivity contribution in [1.29, 1.82) is 0 Å². The summed E-state index contributed by atoms with van der Waals surface area (Å²) in [4.78, 5) is 13.8. The molecule has 1 N–H and O–H groups in total. The monoisotopic (exact) mass is 226 g/mol. The molecule has 0 aromatic carbocycles. The molecule has 0 unspecified atom stereocenters. The van der Waals surface area contributed by atoms with Crippen LogP contribution in [0.15, 0.2) is 0 Å². The van der Waals surface area contributed by atoms with Gasteiger partial charge in [0.15, 0.2) is 0 Å². The van der Waals surface area contributed by atoms with Crippen LogP contribution in [-0.2, 0) is 4.79 Å². The number of hydrogen-bond acceptors (Lipinski definition) is 2. The smallest absolute Gasteiger partial charge is 0.222 e. The lowest BCUT2D eigenvalue weighted by molar-refractivity contribution is -0.131. The number of unbranched alkanes of at least 4 members (excludes halogenated alkanes) is 2. The van der Waals surface area contributed by atoms with Gasteiger partial charge in [0.05, 0.1) is 0 Å². The molecule has 1 aliphatic rings. The molecule has 1 heterocycles. The lowest BCUT2D eigenvalue weighted by Gasteiger charge is -2.24. The van der Waals surface area contributed by atoms with E-state index < -0.39 is 0 Å². The minimum absolute atomic E-state index is 0.336. The van der Waals surface area contributed by atoms with Gasteiger partial charge in [-0.2, -0.15) is 0 Å². The van der Waals surface area contributed by atoms with Crippen LogP contribution < -0.4 is 5.32 Å². The highest BCUT2D eigenvalue weighted by Gasteiger charge is 2.18. The Balaban J connectivity index is 2.16. The molecule has 0 aromatic rings. The highest BCUT2D eigenvalue weighted by atomic mass is 16.2. The van der Waals surface area contributed by atoms with Crippen LogP contribution in [0.2, 0.25) is 0 Å². The van der Waals surface area contributed by atoms with E-state index in [9.17, 15) is 4.79 Å². The van der Waals surface area contributed by atoms with E-state index >= 15 is 0 Å². The molecular formula is C13H26N2O. The van der Waals surface area contributed by atoms with E-state index in [4.69, 9.17) is 0 Å². The Labute approximate surface area is 99.6 Å². The Hall–Kier alpha value is -0.570. The summed E-state index contributed by atoms with van der Waals surface area (Å²) in [6, 6.07) is 0. The Morgan fingerprint density at radius 1 is 1.31 bits per heavy atom. The van der Waals surface area contributed by atoms with Gasteiger partial charge in [0.2, 0.25) is 5.91 Å². The van der Waals surface area contributed by atoms with Crippen molar-refractivity contribution in [3.8, 4) is 0 Å². The summed E-state index contributed by atoms with van der Waals surface area (Å²) < 4.78 is 0. The summed E-state index contributed by atoms with van der Waals surface area (Å²) in [5, 5.41) is 3.33. The minimum Gasteiger partial charge on any atom is -0.346 e. The first-order valence-corrected chi connectivity index (χ1v) is 6.68. The first-order chi connectivity index (χ1) is 7.74. The fourth-order valence-electron chi connectivity index (χ4n) is 2.21. The van der Waals surface area contributed by atoms with E-state index in [1.165, 1.54) is 12.8 Å². The van der Waals surface area contributed by atoms with E-state index in [2.05, 4.69) is 12.2 Å². The molecule has 0 bridgehead atoms. The zero-order valence-electron chi connectivity index (χ0n) is 10.8. The minimum atomic E-state index is 0.336. The normalized spacial score (nSPS) is 17.4. The molecule has 1 rings (SSSR count). The van der Waals surface area contributed by atoms with Gasteiger partial charge < -0.3 is 10.2 Å². The van der Waals surface area contributed by atoms with Crippen molar-refractivity contribution in [2.75, 3.05) is 26.7 Å². The van der Waals surface area contributed by atoms with E-state index in [1.807, 2.05) is 11.9 Å². The lowest BCUT2D eigenvalue weighted by Crippen LogP contribution is -2.33.